The van der Waals surface area contributed by atoms with Crippen LogP contribution in [0, 0.1) is 16.7 Å². The van der Waals surface area contributed by atoms with Gasteiger partial charge in [0, 0.05) is 29.3 Å². The molecule has 6 heteroatoms. The maximum absolute atomic E-state index is 12.5. The predicted molar refractivity (Wildman–Crippen MR) is 93.8 cm³/mol. The molecule has 0 spiro atoms. The van der Waals surface area contributed by atoms with E-state index in [9.17, 15) is 14.9 Å². The molecule has 1 aliphatic carbocycles. The molecule has 1 saturated carbocycles. The first-order chi connectivity index (χ1) is 12.1. The molecule has 2 N–H and O–H groups in total. The Morgan fingerprint density at radius 1 is 1.04 bits per heavy atom. The quantitative estimate of drug-likeness (QED) is 0.896. The Bertz CT molecular complexity index is 821. The Morgan fingerprint density at radius 2 is 1.68 bits per heavy atom. The van der Waals surface area contributed by atoms with E-state index < -0.39 is 5.41 Å². The van der Waals surface area contributed by atoms with Crippen molar-refractivity contribution in [3.8, 4) is 6.07 Å². The summed E-state index contributed by atoms with van der Waals surface area (Å²) in [5, 5.41) is 15.0. The fourth-order valence-corrected chi connectivity index (χ4v) is 3.00. The summed E-state index contributed by atoms with van der Waals surface area (Å²) >= 11 is 0. The predicted octanol–water partition coefficient (Wildman–Crippen LogP) is 3.36. The third kappa shape index (κ3) is 3.66. The maximum Gasteiger partial charge on any atom is 0.255 e. The summed E-state index contributed by atoms with van der Waals surface area (Å²) in [5.74, 6) is -0.528. The van der Waals surface area contributed by atoms with Crippen molar-refractivity contribution in [2.75, 3.05) is 10.6 Å². The summed E-state index contributed by atoms with van der Waals surface area (Å²) in [5.41, 5.74) is 0.686. The number of rotatable bonds is 4. The number of aromatic nitrogens is 1. The molecule has 25 heavy (non-hydrogen) atoms. The molecule has 1 heterocycles. The number of carbonyl (C=O) groups excluding carboxylic acids is 2. The van der Waals surface area contributed by atoms with Crippen molar-refractivity contribution >= 4 is 23.2 Å². The van der Waals surface area contributed by atoms with Gasteiger partial charge >= 0.3 is 0 Å². The van der Waals surface area contributed by atoms with Crippen LogP contribution in [0.15, 0.2) is 48.8 Å². The van der Waals surface area contributed by atoms with Crippen LogP contribution in [0.2, 0.25) is 0 Å². The van der Waals surface area contributed by atoms with Gasteiger partial charge < -0.3 is 10.6 Å². The fraction of sp³-hybridized carbons (Fsp3) is 0.263. The number of hydrogen-bond donors (Lipinski definition) is 2. The molecule has 1 aromatic heterocycles. The Labute approximate surface area is 145 Å². The first-order valence-electron chi connectivity index (χ1n) is 8.17. The van der Waals surface area contributed by atoms with Crippen LogP contribution in [-0.2, 0) is 4.79 Å². The number of nitrogens with zero attached hydrogens (tertiary/aromatic N) is 2. The third-order valence-electron chi connectivity index (χ3n) is 4.43. The molecule has 6 nitrogen and oxygen atoms in total. The van der Waals surface area contributed by atoms with E-state index >= 15 is 0 Å². The van der Waals surface area contributed by atoms with E-state index in [1.54, 1.807) is 48.8 Å². The molecule has 0 atom stereocenters. The zero-order valence-electron chi connectivity index (χ0n) is 13.7. The van der Waals surface area contributed by atoms with Gasteiger partial charge in [0.2, 0.25) is 5.91 Å². The van der Waals surface area contributed by atoms with Crippen molar-refractivity contribution in [2.24, 2.45) is 5.41 Å². The molecule has 2 aromatic rings. The van der Waals surface area contributed by atoms with Crippen LogP contribution in [0.5, 0.6) is 0 Å². The average molecular weight is 334 g/mol. The number of anilines is 2. The third-order valence-corrected chi connectivity index (χ3v) is 4.43. The molecule has 1 fully saturated rings. The van der Waals surface area contributed by atoms with Crippen LogP contribution in [0.25, 0.3) is 0 Å². The summed E-state index contributed by atoms with van der Waals surface area (Å²) < 4.78 is 0. The lowest BCUT2D eigenvalue weighted by Gasteiger charge is -2.19. The monoisotopic (exact) mass is 334 g/mol. The van der Waals surface area contributed by atoms with Crippen LogP contribution >= 0.6 is 0 Å². The van der Waals surface area contributed by atoms with Crippen LogP contribution in [0.1, 0.15) is 36.0 Å². The first kappa shape index (κ1) is 16.7. The minimum absolute atomic E-state index is 0.254. The summed E-state index contributed by atoms with van der Waals surface area (Å²) in [6.07, 6.45) is 6.07. The minimum atomic E-state index is -0.934. The summed E-state index contributed by atoms with van der Waals surface area (Å²) in [7, 11) is 0. The highest BCUT2D eigenvalue weighted by Crippen LogP contribution is 2.38. The number of nitriles is 1. The largest absolute Gasteiger partial charge is 0.325 e. The molecular weight excluding hydrogens is 316 g/mol. The van der Waals surface area contributed by atoms with Crippen molar-refractivity contribution < 1.29 is 9.59 Å². The van der Waals surface area contributed by atoms with E-state index in [4.69, 9.17) is 0 Å². The van der Waals surface area contributed by atoms with Gasteiger partial charge in [-0.2, -0.15) is 5.26 Å². The molecule has 1 aliphatic rings. The molecular formula is C19H18N4O2. The van der Waals surface area contributed by atoms with Crippen LogP contribution in [0.3, 0.4) is 0 Å². The second-order valence-corrected chi connectivity index (χ2v) is 6.13. The van der Waals surface area contributed by atoms with E-state index in [0.717, 1.165) is 12.8 Å². The first-order valence-corrected chi connectivity index (χ1v) is 8.17. The molecule has 1 aromatic carbocycles. The van der Waals surface area contributed by atoms with Crippen molar-refractivity contribution in [3.05, 3.63) is 54.4 Å². The molecule has 3 rings (SSSR count). The maximum atomic E-state index is 12.5. The van der Waals surface area contributed by atoms with Gasteiger partial charge in [-0.3, -0.25) is 14.6 Å². The molecule has 126 valence electrons. The van der Waals surface area contributed by atoms with E-state index in [1.165, 1.54) is 0 Å². The van der Waals surface area contributed by atoms with E-state index in [1.807, 2.05) is 0 Å². The Morgan fingerprint density at radius 3 is 2.32 bits per heavy atom. The van der Waals surface area contributed by atoms with Crippen molar-refractivity contribution in [2.45, 2.75) is 25.7 Å². The van der Waals surface area contributed by atoms with E-state index in [0.29, 0.717) is 29.8 Å². The number of amides is 2. The zero-order valence-corrected chi connectivity index (χ0v) is 13.7. The van der Waals surface area contributed by atoms with Crippen LogP contribution in [0.4, 0.5) is 11.4 Å². The smallest absolute Gasteiger partial charge is 0.255 e. The second kappa shape index (κ2) is 7.14. The van der Waals surface area contributed by atoms with Gasteiger partial charge in [-0.25, -0.2) is 0 Å². The highest BCUT2D eigenvalue weighted by Gasteiger charge is 2.41. The number of nitrogens with one attached hydrogen (secondary N) is 2. The molecule has 2 amide bonds. The van der Waals surface area contributed by atoms with Gasteiger partial charge in [0.25, 0.3) is 5.91 Å². The van der Waals surface area contributed by atoms with Crippen LogP contribution < -0.4 is 10.6 Å². The molecule has 0 bridgehead atoms. The molecule has 0 radical (unpaired) electrons. The number of benzene rings is 1. The molecule has 0 unspecified atom stereocenters. The van der Waals surface area contributed by atoms with Crippen molar-refractivity contribution in [1.29, 1.82) is 5.26 Å². The lowest BCUT2D eigenvalue weighted by molar-refractivity contribution is -0.122. The fourth-order valence-electron chi connectivity index (χ4n) is 3.00. The SMILES string of the molecule is N#CC1(C(=O)Nc2cccc(NC(=O)c3ccncc3)c2)CCCC1. The Kier molecular flexibility index (Phi) is 4.75. The number of hydrogen-bond acceptors (Lipinski definition) is 4. The topological polar surface area (TPSA) is 94.9 Å². The summed E-state index contributed by atoms with van der Waals surface area (Å²) in [4.78, 5) is 28.6. The van der Waals surface area contributed by atoms with Crippen molar-refractivity contribution in [3.63, 3.8) is 0 Å². The highest BCUT2D eigenvalue weighted by atomic mass is 16.2. The van der Waals surface area contributed by atoms with Gasteiger partial charge in [0.05, 0.1) is 6.07 Å². The minimum Gasteiger partial charge on any atom is -0.325 e. The zero-order chi connectivity index (χ0) is 17.7. The highest BCUT2D eigenvalue weighted by molar-refractivity contribution is 6.04. The standard InChI is InChI=1S/C19H18N4O2/c20-13-19(8-1-2-9-19)18(25)23-16-5-3-4-15(12-16)22-17(24)14-6-10-21-11-7-14/h3-7,10-12H,1-2,8-9H2,(H,22,24)(H,23,25). The lowest BCUT2D eigenvalue weighted by atomic mass is 9.87. The van der Waals surface area contributed by atoms with Gasteiger partial charge in [-0.1, -0.05) is 18.9 Å². The summed E-state index contributed by atoms with van der Waals surface area (Å²) in [6.45, 7) is 0. The summed E-state index contributed by atoms with van der Waals surface area (Å²) in [6, 6.07) is 12.3. The van der Waals surface area contributed by atoms with Gasteiger partial charge in [0.15, 0.2) is 0 Å². The Hall–Kier alpha value is -3.20. The van der Waals surface area contributed by atoms with Gasteiger partial charge in [-0.15, -0.1) is 0 Å². The van der Waals surface area contributed by atoms with E-state index in [2.05, 4.69) is 21.7 Å². The molecule has 0 saturated heterocycles. The second-order valence-electron chi connectivity index (χ2n) is 6.13. The van der Waals surface area contributed by atoms with E-state index in [-0.39, 0.29) is 11.8 Å². The number of pyridine rings is 1. The van der Waals surface area contributed by atoms with Gasteiger partial charge in [-0.05, 0) is 43.2 Å². The van der Waals surface area contributed by atoms with Gasteiger partial charge in [0.1, 0.15) is 5.41 Å². The Balaban J connectivity index is 1.71. The average Bonchev–Trinajstić information content (AvgIpc) is 3.13. The number of carbonyl (C=O) groups is 2. The van der Waals surface area contributed by atoms with Crippen LogP contribution in [-0.4, -0.2) is 16.8 Å². The normalized spacial score (nSPS) is 15.2. The molecule has 0 aliphatic heterocycles. The van der Waals surface area contributed by atoms with Crippen molar-refractivity contribution in [1.82, 2.24) is 4.98 Å². The lowest BCUT2D eigenvalue weighted by Crippen LogP contribution is -2.32.